The predicted octanol–water partition coefficient (Wildman–Crippen LogP) is 3.55. The lowest BCUT2D eigenvalue weighted by atomic mass is 9.78. The first-order valence-electron chi connectivity index (χ1n) is 7.04. The fourth-order valence-corrected chi connectivity index (χ4v) is 3.54. The van der Waals surface area contributed by atoms with E-state index in [0.717, 1.165) is 12.1 Å². The minimum absolute atomic E-state index is 0. The maximum atomic E-state index is 12.2. The van der Waals surface area contributed by atoms with Crippen LogP contribution in [0.5, 0.6) is 0 Å². The van der Waals surface area contributed by atoms with Crippen LogP contribution in [0.25, 0.3) is 0 Å². The molecule has 1 aliphatic carbocycles. The lowest BCUT2D eigenvalue weighted by Crippen LogP contribution is -2.26. The van der Waals surface area contributed by atoms with Crippen molar-refractivity contribution in [2.75, 3.05) is 11.1 Å². The third kappa shape index (κ3) is 3.71. The molecule has 1 amide bonds. The largest absolute Gasteiger partial charge is 0.399 e. The summed E-state index contributed by atoms with van der Waals surface area (Å²) in [5.41, 5.74) is 7.39. The van der Waals surface area contributed by atoms with Crippen LogP contribution < -0.4 is 11.1 Å². The van der Waals surface area contributed by atoms with Crippen molar-refractivity contribution in [3.05, 3.63) is 40.4 Å². The molecule has 122 valence electrons. The van der Waals surface area contributed by atoms with E-state index in [1.807, 2.05) is 0 Å². The highest BCUT2D eigenvalue weighted by Gasteiger charge is 2.34. The van der Waals surface area contributed by atoms with Crippen molar-refractivity contribution in [3.63, 3.8) is 0 Å². The number of Topliss-reactive ketones (excluding diaryl/α,β-unsaturated/α-hetero) is 1. The summed E-state index contributed by atoms with van der Waals surface area (Å²) in [5.74, 6) is -0.168. The molecule has 1 aromatic carbocycles. The average Bonchev–Trinajstić information content (AvgIpc) is 2.80. The number of carbonyl (C=O) groups is 2. The zero-order valence-electron chi connectivity index (χ0n) is 12.9. The topological polar surface area (TPSA) is 85.1 Å². The van der Waals surface area contributed by atoms with Gasteiger partial charge in [-0.3, -0.25) is 14.9 Å². The number of thiazole rings is 1. The Labute approximate surface area is 144 Å². The molecule has 3 rings (SSSR count). The minimum Gasteiger partial charge on any atom is -0.399 e. The van der Waals surface area contributed by atoms with Crippen molar-refractivity contribution >= 4 is 46.3 Å². The molecule has 0 aliphatic heterocycles. The second kappa shape index (κ2) is 6.29. The first-order valence-corrected chi connectivity index (χ1v) is 7.85. The summed E-state index contributed by atoms with van der Waals surface area (Å²) in [5, 5.41) is 3.21. The number of nitrogens with zero attached hydrogens (tertiary/aromatic N) is 1. The smallest absolute Gasteiger partial charge is 0.257 e. The van der Waals surface area contributed by atoms with Crippen LogP contribution in [0.1, 0.15) is 46.0 Å². The second-order valence-corrected chi connectivity index (χ2v) is 7.31. The number of nitrogens with one attached hydrogen (secondary N) is 1. The lowest BCUT2D eigenvalue weighted by molar-refractivity contribution is 0.0915. The molecule has 1 aliphatic rings. The highest BCUT2D eigenvalue weighted by atomic mass is 35.5. The van der Waals surface area contributed by atoms with Crippen molar-refractivity contribution in [2.45, 2.75) is 26.7 Å². The third-order valence-electron chi connectivity index (χ3n) is 3.60. The molecule has 3 N–H and O–H groups in total. The number of hydrogen-bond acceptors (Lipinski definition) is 5. The molecular formula is C16H18ClN3O2S. The van der Waals surface area contributed by atoms with E-state index in [-0.39, 0.29) is 29.5 Å². The molecule has 0 unspecified atom stereocenters. The molecule has 0 saturated carbocycles. The van der Waals surface area contributed by atoms with E-state index < -0.39 is 0 Å². The van der Waals surface area contributed by atoms with Crippen molar-refractivity contribution in [1.82, 2.24) is 4.98 Å². The van der Waals surface area contributed by atoms with E-state index in [2.05, 4.69) is 24.1 Å². The molecular weight excluding hydrogens is 334 g/mol. The van der Waals surface area contributed by atoms with Crippen LogP contribution in [0.4, 0.5) is 10.8 Å². The van der Waals surface area contributed by atoms with Crippen LogP contribution in [0.2, 0.25) is 0 Å². The maximum absolute atomic E-state index is 12.2. The number of carbonyl (C=O) groups excluding carboxylic acids is 2. The number of hydrogen-bond donors (Lipinski definition) is 2. The number of halogens is 1. The van der Waals surface area contributed by atoms with Crippen LogP contribution in [0, 0.1) is 5.41 Å². The number of benzene rings is 1. The number of anilines is 2. The Balaban J connectivity index is 0.00000192. The standard InChI is InChI=1S/C16H17N3O2S.ClH/c1-16(2)7-11-13(12(20)8-16)22-15(18-11)19-14(21)9-4-3-5-10(17)6-9;/h3-6H,7-8,17H2,1-2H3,(H,18,19,21);1H. The highest BCUT2D eigenvalue weighted by molar-refractivity contribution is 7.17. The lowest BCUT2D eigenvalue weighted by Gasteiger charge is -2.26. The van der Waals surface area contributed by atoms with E-state index >= 15 is 0 Å². The summed E-state index contributed by atoms with van der Waals surface area (Å²) in [4.78, 5) is 29.4. The SMILES string of the molecule is CC1(C)CC(=O)c2sc(NC(=O)c3cccc(N)c3)nc2C1.Cl. The van der Waals surface area contributed by atoms with Crippen LogP contribution in [-0.4, -0.2) is 16.7 Å². The fourth-order valence-electron chi connectivity index (χ4n) is 2.62. The fraction of sp³-hybridized carbons (Fsp3) is 0.312. The Morgan fingerprint density at radius 1 is 1.35 bits per heavy atom. The van der Waals surface area contributed by atoms with Crippen molar-refractivity contribution in [2.24, 2.45) is 5.41 Å². The number of fused-ring (bicyclic) bond motifs is 1. The van der Waals surface area contributed by atoms with Gasteiger partial charge in [0.15, 0.2) is 10.9 Å². The number of nitrogen functional groups attached to an aromatic ring is 1. The van der Waals surface area contributed by atoms with E-state index in [0.29, 0.717) is 27.7 Å². The number of nitrogens with two attached hydrogens (primary N) is 1. The van der Waals surface area contributed by atoms with Crippen LogP contribution in [0.3, 0.4) is 0 Å². The molecule has 0 bridgehead atoms. The van der Waals surface area contributed by atoms with Gasteiger partial charge in [0.2, 0.25) is 0 Å². The zero-order valence-corrected chi connectivity index (χ0v) is 14.5. The summed E-state index contributed by atoms with van der Waals surface area (Å²) in [6.07, 6.45) is 1.27. The average molecular weight is 352 g/mol. The van der Waals surface area contributed by atoms with Gasteiger partial charge in [-0.25, -0.2) is 4.98 Å². The number of aromatic nitrogens is 1. The Kier molecular flexibility index (Phi) is 4.77. The summed E-state index contributed by atoms with van der Waals surface area (Å²) in [6, 6.07) is 6.74. The first-order chi connectivity index (χ1) is 10.3. The zero-order chi connectivity index (χ0) is 15.9. The number of rotatable bonds is 2. The molecule has 1 aromatic heterocycles. The Bertz CT molecular complexity index is 770. The van der Waals surface area contributed by atoms with Crippen LogP contribution in [0.15, 0.2) is 24.3 Å². The van der Waals surface area contributed by atoms with Crippen molar-refractivity contribution < 1.29 is 9.59 Å². The molecule has 0 atom stereocenters. The highest BCUT2D eigenvalue weighted by Crippen LogP contribution is 2.38. The first kappa shape index (κ1) is 17.4. The van der Waals surface area contributed by atoms with Crippen molar-refractivity contribution in [1.29, 1.82) is 0 Å². The minimum atomic E-state index is -0.273. The summed E-state index contributed by atoms with van der Waals surface area (Å²) >= 11 is 1.25. The van der Waals surface area contributed by atoms with Gasteiger partial charge in [0.25, 0.3) is 5.91 Å². The van der Waals surface area contributed by atoms with Gasteiger partial charge in [-0.05, 0) is 30.0 Å². The van der Waals surface area contributed by atoms with Gasteiger partial charge >= 0.3 is 0 Å². The van der Waals surface area contributed by atoms with Gasteiger partial charge in [-0.15, -0.1) is 12.4 Å². The molecule has 0 spiro atoms. The Morgan fingerprint density at radius 2 is 2.09 bits per heavy atom. The summed E-state index contributed by atoms with van der Waals surface area (Å²) in [7, 11) is 0. The van der Waals surface area contributed by atoms with Gasteiger partial charge in [0.05, 0.1) is 10.6 Å². The van der Waals surface area contributed by atoms with Crippen molar-refractivity contribution in [3.8, 4) is 0 Å². The molecule has 0 saturated heterocycles. The molecule has 2 aromatic rings. The molecule has 5 nitrogen and oxygen atoms in total. The van der Waals surface area contributed by atoms with E-state index in [9.17, 15) is 9.59 Å². The van der Waals surface area contributed by atoms with Crippen LogP contribution >= 0.6 is 23.7 Å². The quantitative estimate of drug-likeness (QED) is 0.810. The second-order valence-electron chi connectivity index (χ2n) is 6.32. The van der Waals surface area contributed by atoms with Gasteiger partial charge in [0.1, 0.15) is 0 Å². The number of ketones is 1. The Morgan fingerprint density at radius 3 is 2.78 bits per heavy atom. The van der Waals surface area contributed by atoms with E-state index in [1.54, 1.807) is 24.3 Å². The van der Waals surface area contributed by atoms with E-state index in [4.69, 9.17) is 5.73 Å². The molecule has 23 heavy (non-hydrogen) atoms. The molecule has 7 heteroatoms. The third-order valence-corrected chi connectivity index (χ3v) is 4.66. The predicted molar refractivity (Wildman–Crippen MR) is 94.6 cm³/mol. The van der Waals surface area contributed by atoms with Gasteiger partial charge in [-0.1, -0.05) is 31.3 Å². The molecule has 1 heterocycles. The normalized spacial score (nSPS) is 15.5. The number of amides is 1. The Hall–Kier alpha value is -1.92. The molecule has 0 fully saturated rings. The maximum Gasteiger partial charge on any atom is 0.257 e. The van der Waals surface area contributed by atoms with E-state index in [1.165, 1.54) is 11.3 Å². The summed E-state index contributed by atoms with van der Waals surface area (Å²) < 4.78 is 0. The monoisotopic (exact) mass is 351 g/mol. The van der Waals surface area contributed by atoms with Gasteiger partial charge in [0, 0.05) is 17.7 Å². The van der Waals surface area contributed by atoms with Gasteiger partial charge < -0.3 is 5.73 Å². The van der Waals surface area contributed by atoms with Crippen LogP contribution in [-0.2, 0) is 6.42 Å². The summed E-state index contributed by atoms with van der Waals surface area (Å²) in [6.45, 7) is 4.11. The molecule has 0 radical (unpaired) electrons. The van der Waals surface area contributed by atoms with Gasteiger partial charge in [-0.2, -0.15) is 0 Å².